The van der Waals surface area contributed by atoms with Crippen molar-refractivity contribution in [1.82, 2.24) is 10.2 Å². The molecule has 2 N–H and O–H groups in total. The number of phenolic OH excluding ortho intramolecular Hbond substituents is 1. The monoisotopic (exact) mass is 312 g/mol. The Kier molecular flexibility index (Phi) is 3.33. The Morgan fingerprint density at radius 3 is 2.44 bits per heavy atom. The highest BCUT2D eigenvalue weighted by molar-refractivity contribution is 9.10. The second-order valence-electron chi connectivity index (χ2n) is 3.79. The molecule has 1 aromatic rings. The van der Waals surface area contributed by atoms with Gasteiger partial charge in [0.15, 0.2) is 0 Å². The number of aromatic hydroxyl groups is 1. The van der Waals surface area contributed by atoms with E-state index in [2.05, 4.69) is 21.2 Å². The number of phenols is 1. The van der Waals surface area contributed by atoms with Gasteiger partial charge in [0.1, 0.15) is 18.8 Å². The fraction of sp³-hybridized carbons (Fsp3) is 0.182. The van der Waals surface area contributed by atoms with E-state index < -0.39 is 17.7 Å². The summed E-state index contributed by atoms with van der Waals surface area (Å²) in [7, 11) is 0. The normalized spacial score (nSPS) is 15.5. The van der Waals surface area contributed by atoms with E-state index in [0.29, 0.717) is 4.47 Å². The molecule has 0 saturated carbocycles. The highest BCUT2D eigenvalue weighted by Gasteiger charge is 2.28. The molecular formula is C11H9BrN2O4. The molecule has 1 fully saturated rings. The highest BCUT2D eigenvalue weighted by Crippen LogP contribution is 2.23. The van der Waals surface area contributed by atoms with E-state index in [1.165, 1.54) is 12.1 Å². The zero-order valence-corrected chi connectivity index (χ0v) is 10.7. The zero-order valence-electron chi connectivity index (χ0n) is 9.14. The lowest BCUT2D eigenvalue weighted by Crippen LogP contribution is -2.53. The van der Waals surface area contributed by atoms with Crippen molar-refractivity contribution in [3.8, 4) is 5.75 Å². The summed E-state index contributed by atoms with van der Waals surface area (Å²) < 4.78 is 0.629. The number of hydrogen-bond donors (Lipinski definition) is 2. The van der Waals surface area contributed by atoms with Gasteiger partial charge >= 0.3 is 0 Å². The molecule has 1 aromatic carbocycles. The van der Waals surface area contributed by atoms with Crippen LogP contribution in [0.5, 0.6) is 5.75 Å². The Morgan fingerprint density at radius 1 is 1.28 bits per heavy atom. The van der Waals surface area contributed by atoms with Crippen molar-refractivity contribution in [3.05, 3.63) is 28.2 Å². The van der Waals surface area contributed by atoms with Crippen LogP contribution in [0.3, 0.4) is 0 Å². The van der Waals surface area contributed by atoms with Gasteiger partial charge < -0.3 is 10.0 Å². The minimum atomic E-state index is -0.553. The summed E-state index contributed by atoms with van der Waals surface area (Å²) in [5, 5.41) is 11.8. The van der Waals surface area contributed by atoms with Gasteiger partial charge in [-0.15, -0.1) is 0 Å². The van der Waals surface area contributed by atoms with Crippen LogP contribution in [0.1, 0.15) is 10.4 Å². The summed E-state index contributed by atoms with van der Waals surface area (Å²) in [5.74, 6) is -1.82. The van der Waals surface area contributed by atoms with E-state index in [1.54, 1.807) is 6.07 Å². The maximum absolute atomic E-state index is 12.0. The molecule has 0 aromatic heterocycles. The zero-order chi connectivity index (χ0) is 13.3. The quantitative estimate of drug-likeness (QED) is 0.728. The predicted molar refractivity (Wildman–Crippen MR) is 64.9 cm³/mol. The number of amides is 3. The third kappa shape index (κ3) is 2.51. The Bertz CT molecular complexity index is 528. The van der Waals surface area contributed by atoms with Gasteiger partial charge in [0.25, 0.3) is 5.91 Å². The fourth-order valence-electron chi connectivity index (χ4n) is 1.64. The summed E-state index contributed by atoms with van der Waals surface area (Å²) >= 11 is 3.16. The molecule has 0 aliphatic carbocycles. The van der Waals surface area contributed by atoms with E-state index >= 15 is 0 Å². The summed E-state index contributed by atoms with van der Waals surface area (Å²) in [6.45, 7) is -0.389. The summed E-state index contributed by atoms with van der Waals surface area (Å²) in [5.41, 5.74) is 0.0562. The van der Waals surface area contributed by atoms with E-state index in [-0.39, 0.29) is 24.4 Å². The van der Waals surface area contributed by atoms with Crippen LogP contribution < -0.4 is 5.32 Å². The topological polar surface area (TPSA) is 86.7 Å². The van der Waals surface area contributed by atoms with Crippen LogP contribution in [0.15, 0.2) is 22.7 Å². The van der Waals surface area contributed by atoms with Crippen LogP contribution in [0, 0.1) is 0 Å². The molecule has 0 radical (unpaired) electrons. The Balaban J connectivity index is 2.25. The minimum absolute atomic E-state index is 0.0562. The van der Waals surface area contributed by atoms with Crippen LogP contribution in [0.25, 0.3) is 0 Å². The Hall–Kier alpha value is -1.89. The first-order valence-corrected chi connectivity index (χ1v) is 5.87. The number of imide groups is 1. The van der Waals surface area contributed by atoms with Gasteiger partial charge in [0.05, 0.1) is 5.56 Å². The second kappa shape index (κ2) is 4.77. The largest absolute Gasteiger partial charge is 0.507 e. The van der Waals surface area contributed by atoms with Gasteiger partial charge in [-0.1, -0.05) is 15.9 Å². The molecule has 6 nitrogen and oxygen atoms in total. The molecule has 0 unspecified atom stereocenters. The highest BCUT2D eigenvalue weighted by atomic mass is 79.9. The molecule has 1 aliphatic rings. The number of carbonyl (C=O) groups excluding carboxylic acids is 3. The van der Waals surface area contributed by atoms with Crippen LogP contribution in [0.2, 0.25) is 0 Å². The molecule has 1 aliphatic heterocycles. The van der Waals surface area contributed by atoms with E-state index in [4.69, 9.17) is 0 Å². The average Bonchev–Trinajstić information content (AvgIpc) is 2.26. The number of rotatable bonds is 1. The van der Waals surface area contributed by atoms with Gasteiger partial charge in [0, 0.05) is 4.47 Å². The van der Waals surface area contributed by atoms with Crippen molar-refractivity contribution >= 4 is 33.7 Å². The van der Waals surface area contributed by atoms with Crippen LogP contribution in [-0.2, 0) is 9.59 Å². The van der Waals surface area contributed by atoms with Crippen LogP contribution in [-0.4, -0.2) is 40.8 Å². The maximum atomic E-state index is 12.0. The summed E-state index contributed by atoms with van der Waals surface area (Å²) in [6, 6.07) is 4.40. The molecule has 0 atom stereocenters. The molecule has 3 amide bonds. The lowest BCUT2D eigenvalue weighted by Gasteiger charge is -2.25. The molecule has 2 rings (SSSR count). The lowest BCUT2D eigenvalue weighted by atomic mass is 10.1. The number of carbonyl (C=O) groups is 3. The van der Waals surface area contributed by atoms with Crippen molar-refractivity contribution in [2.24, 2.45) is 0 Å². The van der Waals surface area contributed by atoms with E-state index in [9.17, 15) is 19.5 Å². The Morgan fingerprint density at radius 2 is 1.89 bits per heavy atom. The fourth-order valence-corrected chi connectivity index (χ4v) is 1.99. The average molecular weight is 313 g/mol. The van der Waals surface area contributed by atoms with Gasteiger partial charge in [-0.3, -0.25) is 19.7 Å². The predicted octanol–water partition coefficient (Wildman–Crippen LogP) is 0.253. The molecule has 1 saturated heterocycles. The number of nitrogens with one attached hydrogen (secondary N) is 1. The molecule has 94 valence electrons. The first-order chi connectivity index (χ1) is 8.47. The van der Waals surface area contributed by atoms with Gasteiger partial charge in [-0.25, -0.2) is 0 Å². The van der Waals surface area contributed by atoms with Crippen LogP contribution >= 0.6 is 15.9 Å². The number of nitrogens with zero attached hydrogens (tertiary/aromatic N) is 1. The third-order valence-electron chi connectivity index (χ3n) is 2.43. The Labute approximate surface area is 111 Å². The van der Waals surface area contributed by atoms with Crippen molar-refractivity contribution in [3.63, 3.8) is 0 Å². The SMILES string of the molecule is O=C1CN(C(=O)c2ccc(Br)cc2O)CC(=O)N1. The minimum Gasteiger partial charge on any atom is -0.507 e. The molecular weight excluding hydrogens is 304 g/mol. The van der Waals surface area contributed by atoms with Crippen molar-refractivity contribution in [2.45, 2.75) is 0 Å². The first-order valence-electron chi connectivity index (χ1n) is 5.08. The van der Waals surface area contributed by atoms with Crippen molar-refractivity contribution in [2.75, 3.05) is 13.1 Å². The third-order valence-corrected chi connectivity index (χ3v) is 2.92. The van der Waals surface area contributed by atoms with E-state index in [1.807, 2.05) is 0 Å². The summed E-state index contributed by atoms with van der Waals surface area (Å²) in [6.07, 6.45) is 0. The molecule has 18 heavy (non-hydrogen) atoms. The maximum Gasteiger partial charge on any atom is 0.258 e. The molecule has 1 heterocycles. The van der Waals surface area contributed by atoms with Crippen molar-refractivity contribution < 1.29 is 19.5 Å². The van der Waals surface area contributed by atoms with Gasteiger partial charge in [0.2, 0.25) is 11.8 Å². The summed E-state index contributed by atoms with van der Waals surface area (Å²) in [4.78, 5) is 35.5. The number of hydrogen-bond acceptors (Lipinski definition) is 4. The molecule has 0 spiro atoms. The number of halogens is 1. The van der Waals surface area contributed by atoms with Crippen molar-refractivity contribution in [1.29, 1.82) is 0 Å². The molecule has 0 bridgehead atoms. The van der Waals surface area contributed by atoms with Gasteiger partial charge in [-0.2, -0.15) is 0 Å². The first kappa shape index (κ1) is 12.6. The molecule has 7 heteroatoms. The number of benzene rings is 1. The lowest BCUT2D eigenvalue weighted by molar-refractivity contribution is -0.135. The van der Waals surface area contributed by atoms with Crippen LogP contribution in [0.4, 0.5) is 0 Å². The van der Waals surface area contributed by atoms with E-state index in [0.717, 1.165) is 4.90 Å². The number of piperazine rings is 1. The van der Waals surface area contributed by atoms with Gasteiger partial charge in [-0.05, 0) is 18.2 Å². The second-order valence-corrected chi connectivity index (χ2v) is 4.71. The smallest absolute Gasteiger partial charge is 0.258 e. The standard InChI is InChI=1S/C11H9BrN2O4/c12-6-1-2-7(8(15)3-6)11(18)14-4-9(16)13-10(17)5-14/h1-3,15H,4-5H2,(H,13,16,17).